The van der Waals surface area contributed by atoms with Gasteiger partial charge in [0, 0.05) is 19.0 Å². The summed E-state index contributed by atoms with van der Waals surface area (Å²) in [4.78, 5) is 24.1. The Morgan fingerprint density at radius 3 is 2.50 bits per heavy atom. The van der Waals surface area contributed by atoms with Gasteiger partial charge in [-0.1, -0.05) is 12.1 Å². The van der Waals surface area contributed by atoms with Gasteiger partial charge in [0.1, 0.15) is 5.92 Å². The SMILES string of the molecule is CC1C(C(=O)N2CC(n3cc(C(N)=O)nn3)C2)C1(F)F. The van der Waals surface area contributed by atoms with E-state index in [1.165, 1.54) is 22.7 Å². The molecule has 1 aromatic rings. The number of alkyl halides is 2. The Labute approximate surface area is 112 Å². The van der Waals surface area contributed by atoms with Crippen LogP contribution in [0.25, 0.3) is 0 Å². The van der Waals surface area contributed by atoms with Crippen molar-refractivity contribution in [2.75, 3.05) is 13.1 Å². The normalized spacial score (nSPS) is 28.1. The number of primary amides is 1. The average molecular weight is 285 g/mol. The lowest BCUT2D eigenvalue weighted by Gasteiger charge is -2.39. The molecule has 20 heavy (non-hydrogen) atoms. The Bertz CT molecular complexity index is 581. The van der Waals surface area contributed by atoms with Gasteiger partial charge in [-0.05, 0) is 0 Å². The molecule has 1 saturated carbocycles. The largest absolute Gasteiger partial charge is 0.364 e. The fourth-order valence-corrected chi connectivity index (χ4v) is 2.43. The van der Waals surface area contributed by atoms with Crippen molar-refractivity contribution in [2.24, 2.45) is 17.6 Å². The zero-order chi connectivity index (χ0) is 14.7. The predicted molar refractivity (Wildman–Crippen MR) is 61.8 cm³/mol. The maximum atomic E-state index is 13.1. The van der Waals surface area contributed by atoms with Crippen molar-refractivity contribution >= 4 is 11.8 Å². The molecule has 0 bridgehead atoms. The van der Waals surface area contributed by atoms with Gasteiger partial charge in [0.05, 0.1) is 12.2 Å². The van der Waals surface area contributed by atoms with E-state index in [2.05, 4.69) is 10.3 Å². The molecule has 9 heteroatoms. The molecule has 7 nitrogen and oxygen atoms in total. The van der Waals surface area contributed by atoms with E-state index < -0.39 is 29.6 Å². The van der Waals surface area contributed by atoms with Gasteiger partial charge in [-0.15, -0.1) is 5.10 Å². The van der Waals surface area contributed by atoms with E-state index in [4.69, 9.17) is 5.73 Å². The highest BCUT2D eigenvalue weighted by Gasteiger charge is 2.70. The number of aromatic nitrogens is 3. The fraction of sp³-hybridized carbons (Fsp3) is 0.636. The lowest BCUT2D eigenvalue weighted by Crippen LogP contribution is -2.52. The lowest BCUT2D eigenvalue weighted by atomic mass is 10.1. The second-order valence-electron chi connectivity index (χ2n) is 5.29. The molecule has 0 spiro atoms. The van der Waals surface area contributed by atoms with E-state index in [1.54, 1.807) is 0 Å². The summed E-state index contributed by atoms with van der Waals surface area (Å²) in [7, 11) is 0. The van der Waals surface area contributed by atoms with Gasteiger partial charge in [-0.3, -0.25) is 9.59 Å². The first kappa shape index (κ1) is 12.9. The monoisotopic (exact) mass is 285 g/mol. The van der Waals surface area contributed by atoms with Crippen molar-refractivity contribution in [2.45, 2.75) is 18.9 Å². The molecule has 2 atom stereocenters. The molecule has 2 unspecified atom stereocenters. The van der Waals surface area contributed by atoms with E-state index in [-0.39, 0.29) is 11.7 Å². The Balaban J connectivity index is 1.59. The third kappa shape index (κ3) is 1.76. The Morgan fingerprint density at radius 1 is 1.45 bits per heavy atom. The van der Waals surface area contributed by atoms with E-state index in [0.717, 1.165) is 0 Å². The number of nitrogens with zero attached hydrogens (tertiary/aromatic N) is 4. The number of halogens is 2. The third-order valence-corrected chi connectivity index (χ3v) is 3.99. The molecule has 1 aliphatic heterocycles. The molecule has 1 aromatic heterocycles. The topological polar surface area (TPSA) is 94.1 Å². The maximum Gasteiger partial charge on any atom is 0.270 e. The third-order valence-electron chi connectivity index (χ3n) is 3.99. The number of hydrogen-bond donors (Lipinski definition) is 1. The first-order valence-corrected chi connectivity index (χ1v) is 6.20. The average Bonchev–Trinajstić information content (AvgIpc) is 2.69. The molecule has 108 valence electrons. The Kier molecular flexibility index (Phi) is 2.57. The van der Waals surface area contributed by atoms with E-state index >= 15 is 0 Å². The number of rotatable bonds is 3. The van der Waals surface area contributed by atoms with Gasteiger partial charge in [-0.25, -0.2) is 13.5 Å². The summed E-state index contributed by atoms with van der Waals surface area (Å²) in [5.41, 5.74) is 5.09. The van der Waals surface area contributed by atoms with Crippen LogP contribution in [0.15, 0.2) is 6.20 Å². The van der Waals surface area contributed by atoms with Gasteiger partial charge in [0.2, 0.25) is 5.91 Å². The summed E-state index contributed by atoms with van der Waals surface area (Å²) < 4.78 is 27.7. The smallest absolute Gasteiger partial charge is 0.270 e. The minimum Gasteiger partial charge on any atom is -0.364 e. The molecule has 0 aromatic carbocycles. The number of nitrogens with two attached hydrogens (primary N) is 1. The summed E-state index contributed by atoms with van der Waals surface area (Å²) in [6, 6.07) is -0.151. The van der Waals surface area contributed by atoms with Crippen molar-refractivity contribution in [3.63, 3.8) is 0 Å². The lowest BCUT2D eigenvalue weighted by molar-refractivity contribution is -0.141. The van der Waals surface area contributed by atoms with Crippen LogP contribution in [0.3, 0.4) is 0 Å². The highest BCUT2D eigenvalue weighted by molar-refractivity contribution is 5.90. The molecular weight excluding hydrogens is 272 g/mol. The van der Waals surface area contributed by atoms with Crippen LogP contribution in [-0.2, 0) is 4.79 Å². The van der Waals surface area contributed by atoms with Crippen molar-refractivity contribution < 1.29 is 18.4 Å². The molecule has 3 rings (SSSR count). The van der Waals surface area contributed by atoms with E-state index in [0.29, 0.717) is 13.1 Å². The second kappa shape index (κ2) is 3.97. The van der Waals surface area contributed by atoms with Gasteiger partial charge in [-0.2, -0.15) is 0 Å². The summed E-state index contributed by atoms with van der Waals surface area (Å²) in [5, 5.41) is 7.32. The predicted octanol–water partition coefficient (Wildman–Crippen LogP) is -0.339. The molecule has 1 aliphatic carbocycles. The van der Waals surface area contributed by atoms with Crippen LogP contribution in [0.4, 0.5) is 8.78 Å². The van der Waals surface area contributed by atoms with E-state index in [9.17, 15) is 18.4 Å². The van der Waals surface area contributed by atoms with Crippen LogP contribution in [0.1, 0.15) is 23.5 Å². The minimum absolute atomic E-state index is 0.0390. The van der Waals surface area contributed by atoms with Crippen LogP contribution in [-0.4, -0.2) is 50.7 Å². The molecule has 0 radical (unpaired) electrons. The number of carbonyl (C=O) groups excluding carboxylic acids is 2. The molecular formula is C11H13F2N5O2. The highest BCUT2D eigenvalue weighted by Crippen LogP contribution is 2.56. The standard InChI is InChI=1S/C11H13F2N5O2/c1-5-8(11(5,12)13)10(20)17-2-6(3-17)18-4-7(9(14)19)15-16-18/h4-6,8H,2-3H2,1H3,(H2,14,19). The van der Waals surface area contributed by atoms with Gasteiger partial charge in [0.25, 0.3) is 11.8 Å². The van der Waals surface area contributed by atoms with Crippen molar-refractivity contribution in [1.82, 2.24) is 19.9 Å². The molecule has 2 N–H and O–H groups in total. The summed E-state index contributed by atoms with van der Waals surface area (Å²) in [6.07, 6.45) is 1.39. The molecule has 2 heterocycles. The first-order chi connectivity index (χ1) is 9.32. The summed E-state index contributed by atoms with van der Waals surface area (Å²) in [5.74, 6) is -6.17. The van der Waals surface area contributed by atoms with Crippen LogP contribution < -0.4 is 5.73 Å². The van der Waals surface area contributed by atoms with Crippen LogP contribution in [0, 0.1) is 11.8 Å². The fourth-order valence-electron chi connectivity index (χ4n) is 2.43. The zero-order valence-corrected chi connectivity index (χ0v) is 10.7. The van der Waals surface area contributed by atoms with Crippen molar-refractivity contribution in [3.05, 3.63) is 11.9 Å². The zero-order valence-electron chi connectivity index (χ0n) is 10.7. The number of carbonyl (C=O) groups is 2. The van der Waals surface area contributed by atoms with Gasteiger partial charge < -0.3 is 10.6 Å². The molecule has 2 fully saturated rings. The van der Waals surface area contributed by atoms with Gasteiger partial charge >= 0.3 is 0 Å². The molecule has 1 saturated heterocycles. The highest BCUT2D eigenvalue weighted by atomic mass is 19.3. The van der Waals surface area contributed by atoms with Crippen LogP contribution in [0.5, 0.6) is 0 Å². The van der Waals surface area contributed by atoms with Crippen molar-refractivity contribution in [1.29, 1.82) is 0 Å². The van der Waals surface area contributed by atoms with E-state index in [1.807, 2.05) is 0 Å². The summed E-state index contributed by atoms with van der Waals surface area (Å²) >= 11 is 0. The molecule has 2 amide bonds. The maximum absolute atomic E-state index is 13.1. The molecule has 2 aliphatic rings. The number of likely N-dealkylation sites (tertiary alicyclic amines) is 1. The Hall–Kier alpha value is -2.06. The van der Waals surface area contributed by atoms with Crippen molar-refractivity contribution in [3.8, 4) is 0 Å². The number of amides is 2. The van der Waals surface area contributed by atoms with Crippen LogP contribution in [0.2, 0.25) is 0 Å². The van der Waals surface area contributed by atoms with Gasteiger partial charge in [0.15, 0.2) is 5.69 Å². The second-order valence-corrected chi connectivity index (χ2v) is 5.29. The number of hydrogen-bond acceptors (Lipinski definition) is 4. The first-order valence-electron chi connectivity index (χ1n) is 6.20. The Morgan fingerprint density at radius 2 is 2.05 bits per heavy atom. The summed E-state index contributed by atoms with van der Waals surface area (Å²) in [6.45, 7) is 1.95. The minimum atomic E-state index is -2.88. The quantitative estimate of drug-likeness (QED) is 0.822. The van der Waals surface area contributed by atoms with Crippen LogP contribution >= 0.6 is 0 Å².